The fourth-order valence-electron chi connectivity index (χ4n) is 4.23. The minimum Gasteiger partial charge on any atom is -0.491 e. The fourth-order valence-corrected chi connectivity index (χ4v) is 4.51. The molecular formula is C28H31ClN4O2. The van der Waals surface area contributed by atoms with Crippen LogP contribution in [0.4, 0.5) is 5.69 Å². The number of nitriles is 1. The van der Waals surface area contributed by atoms with E-state index in [1.54, 1.807) is 20.0 Å². The number of ether oxygens (including phenoxy) is 1. The molecule has 4 rings (SSSR count). The number of pyridine rings is 1. The van der Waals surface area contributed by atoms with E-state index in [4.69, 9.17) is 21.6 Å². The summed E-state index contributed by atoms with van der Waals surface area (Å²) < 4.78 is 5.73. The molecule has 182 valence electrons. The minimum atomic E-state index is -0.915. The molecule has 6 nitrogen and oxygen atoms in total. The van der Waals surface area contributed by atoms with Gasteiger partial charge in [-0.2, -0.15) is 5.26 Å². The van der Waals surface area contributed by atoms with Crippen LogP contribution in [0.2, 0.25) is 5.02 Å². The van der Waals surface area contributed by atoms with Gasteiger partial charge in [-0.1, -0.05) is 41.4 Å². The zero-order chi connectivity index (χ0) is 25.0. The van der Waals surface area contributed by atoms with Crippen LogP contribution in [0.5, 0.6) is 5.75 Å². The second-order valence-corrected chi connectivity index (χ2v) is 10.1. The molecule has 1 aliphatic heterocycles. The molecule has 0 saturated carbocycles. The van der Waals surface area contributed by atoms with E-state index in [0.29, 0.717) is 16.3 Å². The molecule has 1 aromatic heterocycles. The largest absolute Gasteiger partial charge is 0.491 e. The minimum absolute atomic E-state index is 0.114. The summed E-state index contributed by atoms with van der Waals surface area (Å²) in [6.07, 6.45) is 1.63. The predicted molar refractivity (Wildman–Crippen MR) is 139 cm³/mol. The normalized spacial score (nSPS) is 16.7. The number of anilines is 1. The third kappa shape index (κ3) is 6.52. The van der Waals surface area contributed by atoms with Crippen LogP contribution < -0.4 is 9.64 Å². The molecule has 1 atom stereocenters. The second kappa shape index (κ2) is 10.7. The van der Waals surface area contributed by atoms with Crippen LogP contribution in [0.1, 0.15) is 42.3 Å². The maximum Gasteiger partial charge on any atom is 0.121 e. The van der Waals surface area contributed by atoms with E-state index in [9.17, 15) is 5.11 Å². The van der Waals surface area contributed by atoms with Gasteiger partial charge in [0.05, 0.1) is 33.6 Å². The third-order valence-corrected chi connectivity index (χ3v) is 6.39. The molecule has 35 heavy (non-hydrogen) atoms. The Labute approximate surface area is 212 Å². The van der Waals surface area contributed by atoms with Gasteiger partial charge in [-0.25, -0.2) is 0 Å². The lowest BCUT2D eigenvalue weighted by molar-refractivity contribution is 0.0285. The van der Waals surface area contributed by atoms with Crippen LogP contribution in [-0.2, 0) is 6.54 Å². The van der Waals surface area contributed by atoms with E-state index in [1.165, 1.54) is 11.1 Å². The van der Waals surface area contributed by atoms with Crippen molar-refractivity contribution >= 4 is 17.3 Å². The van der Waals surface area contributed by atoms with Gasteiger partial charge in [0.15, 0.2) is 0 Å². The van der Waals surface area contributed by atoms with Crippen molar-refractivity contribution in [2.75, 3.05) is 31.1 Å². The van der Waals surface area contributed by atoms with Crippen molar-refractivity contribution in [1.82, 2.24) is 9.88 Å². The van der Waals surface area contributed by atoms with Crippen molar-refractivity contribution in [1.29, 1.82) is 5.26 Å². The summed E-state index contributed by atoms with van der Waals surface area (Å²) in [6, 6.07) is 20.4. The molecular weight excluding hydrogens is 460 g/mol. The average molecular weight is 491 g/mol. The van der Waals surface area contributed by atoms with Gasteiger partial charge in [0.25, 0.3) is 0 Å². The highest BCUT2D eigenvalue weighted by Gasteiger charge is 2.30. The van der Waals surface area contributed by atoms with Crippen molar-refractivity contribution in [3.63, 3.8) is 0 Å². The van der Waals surface area contributed by atoms with Gasteiger partial charge in [0.2, 0.25) is 0 Å². The lowest BCUT2D eigenvalue weighted by atomic mass is 10.00. The van der Waals surface area contributed by atoms with Crippen LogP contribution in [-0.4, -0.2) is 46.8 Å². The van der Waals surface area contributed by atoms with E-state index in [0.717, 1.165) is 37.6 Å². The number of nitrogens with zero attached hydrogens (tertiary/aromatic N) is 4. The van der Waals surface area contributed by atoms with Crippen LogP contribution in [0, 0.1) is 18.3 Å². The van der Waals surface area contributed by atoms with Crippen molar-refractivity contribution in [2.24, 2.45) is 0 Å². The SMILES string of the molecule is Cc1ccc([C@@H]2CN(Cc3ccc(C#N)cn3)CCN2c2ccc(OCC(C)(C)O)cc2Cl)cc1. The fraction of sp³-hybridized carbons (Fsp3) is 0.357. The molecule has 1 N–H and O–H groups in total. The summed E-state index contributed by atoms with van der Waals surface area (Å²) in [5.41, 5.74) is 4.02. The summed E-state index contributed by atoms with van der Waals surface area (Å²) in [6.45, 7) is 8.91. The molecule has 2 aromatic carbocycles. The first kappa shape index (κ1) is 25.0. The van der Waals surface area contributed by atoms with Crippen LogP contribution in [0.3, 0.4) is 0 Å². The quantitative estimate of drug-likeness (QED) is 0.495. The van der Waals surface area contributed by atoms with E-state index < -0.39 is 5.60 Å². The summed E-state index contributed by atoms with van der Waals surface area (Å²) in [4.78, 5) is 9.21. The van der Waals surface area contributed by atoms with Gasteiger partial charge < -0.3 is 14.7 Å². The molecule has 1 saturated heterocycles. The Bertz CT molecular complexity index is 1180. The van der Waals surface area contributed by atoms with E-state index >= 15 is 0 Å². The summed E-state index contributed by atoms with van der Waals surface area (Å²) >= 11 is 6.75. The Balaban J connectivity index is 1.56. The molecule has 2 heterocycles. The summed E-state index contributed by atoms with van der Waals surface area (Å²) in [5, 5.41) is 19.6. The molecule has 0 radical (unpaired) electrons. The van der Waals surface area contributed by atoms with Crippen molar-refractivity contribution < 1.29 is 9.84 Å². The predicted octanol–water partition coefficient (Wildman–Crippen LogP) is 5.13. The highest BCUT2D eigenvalue weighted by Crippen LogP contribution is 2.37. The first-order valence-corrected chi connectivity index (χ1v) is 12.1. The first-order chi connectivity index (χ1) is 16.7. The molecule has 0 amide bonds. The maximum absolute atomic E-state index is 9.95. The van der Waals surface area contributed by atoms with E-state index in [2.05, 4.69) is 52.0 Å². The molecule has 1 fully saturated rings. The monoisotopic (exact) mass is 490 g/mol. The number of rotatable bonds is 7. The van der Waals surface area contributed by atoms with Gasteiger partial charge in [-0.05, 0) is 50.6 Å². The summed E-state index contributed by atoms with van der Waals surface area (Å²) in [5.74, 6) is 0.637. The van der Waals surface area contributed by atoms with Crippen molar-refractivity contribution in [3.8, 4) is 11.8 Å². The number of aromatic nitrogens is 1. The Morgan fingerprint density at radius 3 is 2.54 bits per heavy atom. The molecule has 0 aliphatic carbocycles. The Morgan fingerprint density at radius 1 is 1.14 bits per heavy atom. The van der Waals surface area contributed by atoms with E-state index in [-0.39, 0.29) is 12.6 Å². The van der Waals surface area contributed by atoms with Crippen LogP contribution in [0.15, 0.2) is 60.8 Å². The number of halogens is 1. The Morgan fingerprint density at radius 2 is 1.91 bits per heavy atom. The summed E-state index contributed by atoms with van der Waals surface area (Å²) in [7, 11) is 0. The van der Waals surface area contributed by atoms with Crippen LogP contribution >= 0.6 is 11.6 Å². The Kier molecular flexibility index (Phi) is 7.61. The van der Waals surface area contributed by atoms with Gasteiger partial charge in [-0.3, -0.25) is 9.88 Å². The smallest absolute Gasteiger partial charge is 0.121 e. The first-order valence-electron chi connectivity index (χ1n) is 11.8. The number of piperazine rings is 1. The number of aryl methyl sites for hydroxylation is 1. The zero-order valence-corrected chi connectivity index (χ0v) is 21.2. The number of benzene rings is 2. The van der Waals surface area contributed by atoms with Gasteiger partial charge in [0, 0.05) is 38.4 Å². The van der Waals surface area contributed by atoms with Crippen molar-refractivity contribution in [3.05, 3.63) is 88.2 Å². The highest BCUT2D eigenvalue weighted by molar-refractivity contribution is 6.33. The highest BCUT2D eigenvalue weighted by atomic mass is 35.5. The van der Waals surface area contributed by atoms with Gasteiger partial charge in [0.1, 0.15) is 18.4 Å². The van der Waals surface area contributed by atoms with E-state index in [1.807, 2.05) is 30.3 Å². The molecule has 7 heteroatoms. The molecule has 0 unspecified atom stereocenters. The maximum atomic E-state index is 9.95. The number of hydrogen-bond donors (Lipinski definition) is 1. The topological polar surface area (TPSA) is 72.6 Å². The molecule has 0 bridgehead atoms. The standard InChI is InChI=1S/C28H31ClN4O2/c1-20-4-7-22(8-5-20)27-18-32(17-23-9-6-21(15-30)16-31-23)12-13-33(27)26-11-10-24(14-25(26)29)35-19-28(2,3)34/h4-11,14,16,27,34H,12-13,17-19H2,1-3H3/t27-/m0/s1. The zero-order valence-electron chi connectivity index (χ0n) is 20.4. The number of hydrogen-bond acceptors (Lipinski definition) is 6. The Hall–Kier alpha value is -3.11. The molecule has 3 aromatic rings. The lowest BCUT2D eigenvalue weighted by Gasteiger charge is -2.43. The third-order valence-electron chi connectivity index (χ3n) is 6.09. The van der Waals surface area contributed by atoms with Crippen molar-refractivity contribution in [2.45, 2.75) is 39.0 Å². The number of aliphatic hydroxyl groups is 1. The molecule has 1 aliphatic rings. The lowest BCUT2D eigenvalue weighted by Crippen LogP contribution is -2.48. The molecule has 0 spiro atoms. The van der Waals surface area contributed by atoms with Gasteiger partial charge in [-0.15, -0.1) is 0 Å². The second-order valence-electron chi connectivity index (χ2n) is 9.72. The van der Waals surface area contributed by atoms with Crippen LogP contribution in [0.25, 0.3) is 0 Å². The average Bonchev–Trinajstić information content (AvgIpc) is 2.84. The van der Waals surface area contributed by atoms with Gasteiger partial charge >= 0.3 is 0 Å².